The van der Waals surface area contributed by atoms with Crippen molar-refractivity contribution in [2.45, 2.75) is 13.0 Å². The molecule has 0 aromatic heterocycles. The Kier molecular flexibility index (Phi) is 4.84. The second kappa shape index (κ2) is 6.44. The number of aliphatic carboxylic acids is 1. The van der Waals surface area contributed by atoms with Gasteiger partial charge in [0, 0.05) is 11.0 Å². The number of carbonyl (C=O) groups is 2. The number of anilines is 1. The summed E-state index contributed by atoms with van der Waals surface area (Å²) in [7, 11) is 0. The molecule has 3 N–H and O–H groups in total. The minimum Gasteiger partial charge on any atom is -0.481 e. The summed E-state index contributed by atoms with van der Waals surface area (Å²) < 4.78 is 6.11. The van der Waals surface area contributed by atoms with Crippen LogP contribution in [0.1, 0.15) is 17.3 Å². The Morgan fingerprint density at radius 2 is 2.19 bits per heavy atom. The van der Waals surface area contributed by atoms with Crippen LogP contribution in [0.2, 0.25) is 0 Å². The number of nitrogens with zero attached hydrogens (tertiary/aromatic N) is 1. The van der Waals surface area contributed by atoms with E-state index >= 15 is 0 Å². The Labute approximate surface area is 131 Å². The SMILES string of the molecule is CCN(c1cc(Br)ccc1C(N)=O)C1COCC1C(=O)O. The molecule has 2 rings (SSSR count). The van der Waals surface area contributed by atoms with Crippen LogP contribution in [0.25, 0.3) is 0 Å². The molecule has 7 heteroatoms. The van der Waals surface area contributed by atoms with Crippen molar-refractivity contribution in [1.29, 1.82) is 0 Å². The molecular formula is C14H17BrN2O4. The van der Waals surface area contributed by atoms with Gasteiger partial charge in [-0.25, -0.2) is 0 Å². The molecule has 1 fully saturated rings. The highest BCUT2D eigenvalue weighted by Crippen LogP contribution is 2.30. The van der Waals surface area contributed by atoms with Crippen LogP contribution in [0.4, 0.5) is 5.69 Å². The van der Waals surface area contributed by atoms with Crippen LogP contribution in [0, 0.1) is 5.92 Å². The Bertz CT molecular complexity index is 564. The molecule has 0 bridgehead atoms. The van der Waals surface area contributed by atoms with E-state index in [0.717, 1.165) is 4.47 Å². The lowest BCUT2D eigenvalue weighted by Crippen LogP contribution is -2.44. The number of likely N-dealkylation sites (N-methyl/N-ethyl adjacent to an activating group) is 1. The number of primary amides is 1. The minimum absolute atomic E-state index is 0.177. The number of ether oxygens (including phenoxy) is 1. The van der Waals surface area contributed by atoms with Crippen molar-refractivity contribution in [3.8, 4) is 0 Å². The molecule has 0 saturated carbocycles. The van der Waals surface area contributed by atoms with E-state index in [-0.39, 0.29) is 12.6 Å². The van der Waals surface area contributed by atoms with Crippen molar-refractivity contribution < 1.29 is 19.4 Å². The van der Waals surface area contributed by atoms with Crippen LogP contribution >= 0.6 is 15.9 Å². The number of halogens is 1. The van der Waals surface area contributed by atoms with Gasteiger partial charge in [-0.05, 0) is 25.1 Å². The summed E-state index contributed by atoms with van der Waals surface area (Å²) in [6, 6.07) is 4.83. The monoisotopic (exact) mass is 356 g/mol. The van der Waals surface area contributed by atoms with Gasteiger partial charge in [0.25, 0.3) is 5.91 Å². The van der Waals surface area contributed by atoms with Crippen molar-refractivity contribution >= 4 is 33.5 Å². The van der Waals surface area contributed by atoms with Crippen LogP contribution in [0.3, 0.4) is 0 Å². The molecule has 6 nitrogen and oxygen atoms in total. The van der Waals surface area contributed by atoms with Gasteiger partial charge in [-0.2, -0.15) is 0 Å². The van der Waals surface area contributed by atoms with Crippen LogP contribution in [0.15, 0.2) is 22.7 Å². The average Bonchev–Trinajstić information content (AvgIpc) is 2.89. The molecule has 21 heavy (non-hydrogen) atoms. The van der Waals surface area contributed by atoms with Crippen molar-refractivity contribution in [1.82, 2.24) is 0 Å². The summed E-state index contributed by atoms with van der Waals surface area (Å²) in [5.41, 5.74) is 6.42. The molecule has 2 atom stereocenters. The smallest absolute Gasteiger partial charge is 0.311 e. The Hall–Kier alpha value is -1.60. The molecule has 1 saturated heterocycles. The lowest BCUT2D eigenvalue weighted by molar-refractivity contribution is -0.141. The minimum atomic E-state index is -0.897. The van der Waals surface area contributed by atoms with E-state index in [1.807, 2.05) is 11.8 Å². The molecule has 114 valence electrons. The summed E-state index contributed by atoms with van der Waals surface area (Å²) in [5, 5.41) is 9.30. The number of carboxylic acid groups (broad SMARTS) is 1. The third-order valence-electron chi connectivity index (χ3n) is 3.64. The second-order valence-corrected chi connectivity index (χ2v) is 5.78. The molecule has 0 spiro atoms. The average molecular weight is 357 g/mol. The van der Waals surface area contributed by atoms with Gasteiger partial charge in [0.05, 0.1) is 30.5 Å². The quantitative estimate of drug-likeness (QED) is 0.833. The standard InChI is InChI=1S/C14H17BrN2O4/c1-2-17(12-7-21-6-10(12)14(19)20)11-5-8(15)3-4-9(11)13(16)18/h3-5,10,12H,2,6-7H2,1H3,(H2,16,18)(H,19,20). The number of carbonyl (C=O) groups excluding carboxylic acids is 1. The molecular weight excluding hydrogens is 340 g/mol. The summed E-state index contributed by atoms with van der Waals surface area (Å²) >= 11 is 3.37. The van der Waals surface area contributed by atoms with Crippen molar-refractivity contribution in [3.05, 3.63) is 28.2 Å². The first-order valence-electron chi connectivity index (χ1n) is 6.62. The van der Waals surface area contributed by atoms with Gasteiger partial charge in [-0.1, -0.05) is 15.9 Å². The highest BCUT2D eigenvalue weighted by atomic mass is 79.9. The molecule has 0 aliphatic carbocycles. The van der Waals surface area contributed by atoms with E-state index in [2.05, 4.69) is 15.9 Å². The highest BCUT2D eigenvalue weighted by Gasteiger charge is 2.38. The van der Waals surface area contributed by atoms with E-state index < -0.39 is 17.8 Å². The number of hydrogen-bond acceptors (Lipinski definition) is 4. The van der Waals surface area contributed by atoms with Crippen molar-refractivity contribution in [3.63, 3.8) is 0 Å². The van der Waals surface area contributed by atoms with Crippen molar-refractivity contribution in [2.75, 3.05) is 24.7 Å². The summed E-state index contributed by atoms with van der Waals surface area (Å²) in [6.07, 6.45) is 0. The second-order valence-electron chi connectivity index (χ2n) is 4.86. The first kappa shape index (κ1) is 15.8. The molecule has 0 radical (unpaired) electrons. The van der Waals surface area contributed by atoms with E-state index in [1.54, 1.807) is 18.2 Å². The zero-order valence-corrected chi connectivity index (χ0v) is 13.2. The number of benzene rings is 1. The van der Waals surface area contributed by atoms with E-state index in [4.69, 9.17) is 10.5 Å². The molecule has 1 aromatic rings. The third-order valence-corrected chi connectivity index (χ3v) is 4.14. The Morgan fingerprint density at radius 3 is 2.76 bits per heavy atom. The molecule has 1 amide bonds. The topological polar surface area (TPSA) is 92.9 Å². The zero-order chi connectivity index (χ0) is 15.6. The first-order valence-corrected chi connectivity index (χ1v) is 7.41. The maximum absolute atomic E-state index is 11.6. The predicted molar refractivity (Wildman–Crippen MR) is 81.4 cm³/mol. The lowest BCUT2D eigenvalue weighted by atomic mass is 10.0. The fourth-order valence-corrected chi connectivity index (χ4v) is 2.97. The van der Waals surface area contributed by atoms with Crippen LogP contribution < -0.4 is 10.6 Å². The number of hydrogen-bond donors (Lipinski definition) is 2. The maximum atomic E-state index is 11.6. The third kappa shape index (κ3) is 3.19. The van der Waals surface area contributed by atoms with E-state index in [0.29, 0.717) is 24.4 Å². The van der Waals surface area contributed by atoms with Gasteiger partial charge in [0.1, 0.15) is 5.92 Å². The summed E-state index contributed by atoms with van der Waals surface area (Å²) in [6.45, 7) is 2.95. The van der Waals surface area contributed by atoms with Crippen LogP contribution in [-0.4, -0.2) is 42.8 Å². The number of rotatable bonds is 5. The lowest BCUT2D eigenvalue weighted by Gasteiger charge is -2.32. The fraction of sp³-hybridized carbons (Fsp3) is 0.429. The number of nitrogens with two attached hydrogens (primary N) is 1. The van der Waals surface area contributed by atoms with Crippen LogP contribution in [-0.2, 0) is 9.53 Å². The molecule has 1 aromatic carbocycles. The molecule has 1 heterocycles. The van der Waals surface area contributed by atoms with Gasteiger partial charge >= 0.3 is 5.97 Å². The molecule has 1 aliphatic rings. The fourth-order valence-electron chi connectivity index (χ4n) is 2.62. The zero-order valence-electron chi connectivity index (χ0n) is 11.6. The van der Waals surface area contributed by atoms with Gasteiger partial charge in [-0.15, -0.1) is 0 Å². The van der Waals surface area contributed by atoms with Gasteiger partial charge < -0.3 is 20.5 Å². The number of amides is 1. The summed E-state index contributed by atoms with van der Waals surface area (Å²) in [5.74, 6) is -2.06. The highest BCUT2D eigenvalue weighted by molar-refractivity contribution is 9.10. The predicted octanol–water partition coefficient (Wildman–Crippen LogP) is 1.47. The molecule has 2 unspecified atom stereocenters. The van der Waals surface area contributed by atoms with Crippen molar-refractivity contribution in [2.24, 2.45) is 11.7 Å². The van der Waals surface area contributed by atoms with Gasteiger partial charge in [0.2, 0.25) is 0 Å². The largest absolute Gasteiger partial charge is 0.481 e. The summed E-state index contributed by atoms with van der Waals surface area (Å²) in [4.78, 5) is 24.8. The van der Waals surface area contributed by atoms with Gasteiger partial charge in [0.15, 0.2) is 0 Å². The number of carboxylic acids is 1. The Morgan fingerprint density at radius 1 is 1.48 bits per heavy atom. The van der Waals surface area contributed by atoms with Crippen LogP contribution in [0.5, 0.6) is 0 Å². The molecule has 1 aliphatic heterocycles. The maximum Gasteiger partial charge on any atom is 0.311 e. The van der Waals surface area contributed by atoms with E-state index in [1.165, 1.54) is 0 Å². The van der Waals surface area contributed by atoms with Gasteiger partial charge in [-0.3, -0.25) is 9.59 Å². The Balaban J connectivity index is 2.44. The van der Waals surface area contributed by atoms with E-state index in [9.17, 15) is 14.7 Å². The normalized spacial score (nSPS) is 21.2. The first-order chi connectivity index (χ1) is 9.95.